The number of carbonyl (C=O) groups excluding carboxylic acids is 1. The molecule has 3 rings (SSSR count). The summed E-state index contributed by atoms with van der Waals surface area (Å²) in [5.74, 6) is 0. The number of urea groups is 1. The number of halogens is 2. The van der Waals surface area contributed by atoms with Crippen LogP contribution in [0.25, 0.3) is 0 Å². The number of amides is 2. The molecule has 0 atom stereocenters. The van der Waals surface area contributed by atoms with Crippen LogP contribution in [0.5, 0.6) is 0 Å². The molecule has 0 bridgehead atoms. The fourth-order valence-electron chi connectivity index (χ4n) is 2.85. The fourth-order valence-corrected chi connectivity index (χ4v) is 3.22. The van der Waals surface area contributed by atoms with Gasteiger partial charge in [0, 0.05) is 36.7 Å². The van der Waals surface area contributed by atoms with Crippen LogP contribution >= 0.6 is 23.2 Å². The van der Waals surface area contributed by atoms with E-state index < -0.39 is 0 Å². The monoisotopic (exact) mass is 393 g/mol. The number of nitrogens with one attached hydrogen (secondary N) is 1. The second kappa shape index (κ2) is 8.62. The Morgan fingerprint density at radius 2 is 1.92 bits per heavy atom. The summed E-state index contributed by atoms with van der Waals surface area (Å²) in [5, 5.41) is 4.18. The van der Waals surface area contributed by atoms with Crippen molar-refractivity contribution in [2.45, 2.75) is 6.54 Å². The van der Waals surface area contributed by atoms with Crippen LogP contribution in [0.15, 0.2) is 42.5 Å². The maximum atomic E-state index is 12.7. The van der Waals surface area contributed by atoms with Gasteiger partial charge in [-0.1, -0.05) is 41.4 Å². The van der Waals surface area contributed by atoms with Crippen molar-refractivity contribution in [2.75, 3.05) is 43.6 Å². The summed E-state index contributed by atoms with van der Waals surface area (Å²) in [6.45, 7) is 3.31. The van der Waals surface area contributed by atoms with Crippen LogP contribution in [0.3, 0.4) is 0 Å². The van der Waals surface area contributed by atoms with E-state index in [1.165, 1.54) is 0 Å². The second-order valence-corrected chi connectivity index (χ2v) is 6.98. The first-order valence-corrected chi connectivity index (χ1v) is 9.18. The number of hydrogen-bond acceptors (Lipinski definition) is 3. The van der Waals surface area contributed by atoms with Gasteiger partial charge in [-0.3, -0.25) is 0 Å². The van der Waals surface area contributed by atoms with E-state index in [0.29, 0.717) is 35.5 Å². The quantitative estimate of drug-likeness (QED) is 0.831. The highest BCUT2D eigenvalue weighted by Crippen LogP contribution is 2.30. The van der Waals surface area contributed by atoms with E-state index in [9.17, 15) is 4.79 Å². The van der Waals surface area contributed by atoms with Gasteiger partial charge >= 0.3 is 6.03 Å². The Hall–Kier alpha value is -1.95. The molecule has 2 amide bonds. The summed E-state index contributed by atoms with van der Waals surface area (Å²) in [4.78, 5) is 16.4. The fraction of sp³-hybridized carbons (Fsp3) is 0.316. The summed E-state index contributed by atoms with van der Waals surface area (Å²) < 4.78 is 5.41. The van der Waals surface area contributed by atoms with E-state index in [-0.39, 0.29) is 6.03 Å². The first kappa shape index (κ1) is 18.8. The van der Waals surface area contributed by atoms with E-state index >= 15 is 0 Å². The Bertz CT molecular complexity index is 779. The molecular formula is C19H21Cl2N3O2. The minimum absolute atomic E-state index is 0.221. The van der Waals surface area contributed by atoms with Gasteiger partial charge in [0.15, 0.2) is 0 Å². The summed E-state index contributed by atoms with van der Waals surface area (Å²) in [6, 6.07) is 12.8. The Morgan fingerprint density at radius 1 is 1.19 bits per heavy atom. The van der Waals surface area contributed by atoms with Crippen molar-refractivity contribution in [3.63, 3.8) is 0 Å². The molecule has 1 fully saturated rings. The lowest BCUT2D eigenvalue weighted by Gasteiger charge is -2.31. The molecule has 1 heterocycles. The predicted octanol–water partition coefficient (Wildman–Crippen LogP) is 4.49. The lowest BCUT2D eigenvalue weighted by Crippen LogP contribution is -2.37. The zero-order valence-electron chi connectivity index (χ0n) is 14.5. The summed E-state index contributed by atoms with van der Waals surface area (Å²) >= 11 is 12.3. The molecule has 0 saturated carbocycles. The first-order chi connectivity index (χ1) is 12.5. The summed E-state index contributed by atoms with van der Waals surface area (Å²) in [5.41, 5.74) is 2.53. The van der Waals surface area contributed by atoms with Gasteiger partial charge in [-0.25, -0.2) is 4.79 Å². The zero-order chi connectivity index (χ0) is 18.5. The van der Waals surface area contributed by atoms with Gasteiger partial charge in [-0.05, 0) is 29.8 Å². The van der Waals surface area contributed by atoms with Crippen molar-refractivity contribution in [1.29, 1.82) is 0 Å². The number of rotatable bonds is 4. The van der Waals surface area contributed by atoms with Crippen LogP contribution in [0, 0.1) is 0 Å². The molecule has 1 N–H and O–H groups in total. The highest BCUT2D eigenvalue weighted by Gasteiger charge is 2.18. The molecule has 0 unspecified atom stereocenters. The first-order valence-electron chi connectivity index (χ1n) is 8.42. The number of hydrogen-bond donors (Lipinski definition) is 1. The largest absolute Gasteiger partial charge is 0.378 e. The Morgan fingerprint density at radius 3 is 2.65 bits per heavy atom. The molecular weight excluding hydrogens is 373 g/mol. The normalized spacial score (nSPS) is 14.2. The minimum Gasteiger partial charge on any atom is -0.378 e. The van der Waals surface area contributed by atoms with Crippen LogP contribution in [0.2, 0.25) is 10.0 Å². The van der Waals surface area contributed by atoms with Gasteiger partial charge in [-0.15, -0.1) is 0 Å². The Kier molecular flexibility index (Phi) is 6.25. The molecule has 0 aromatic heterocycles. The molecule has 5 nitrogen and oxygen atoms in total. The molecule has 0 radical (unpaired) electrons. The molecule has 2 aromatic rings. The van der Waals surface area contributed by atoms with Gasteiger partial charge < -0.3 is 19.9 Å². The smallest absolute Gasteiger partial charge is 0.321 e. The average molecular weight is 394 g/mol. The maximum absolute atomic E-state index is 12.7. The number of carbonyl (C=O) groups is 1. The van der Waals surface area contributed by atoms with Crippen LogP contribution in [-0.2, 0) is 11.3 Å². The highest BCUT2D eigenvalue weighted by molar-refractivity contribution is 6.31. The number of benzene rings is 2. The standard InChI is InChI=1S/C19H21Cl2N3O2/c1-23(13-14-4-2-3-5-16(14)21)19(25)22-17-12-15(20)6-7-18(17)24-8-10-26-11-9-24/h2-7,12H,8-11,13H2,1H3,(H,22,25). The summed E-state index contributed by atoms with van der Waals surface area (Å²) in [6.07, 6.45) is 0. The lowest BCUT2D eigenvalue weighted by molar-refractivity contribution is 0.123. The van der Waals surface area contributed by atoms with Gasteiger partial charge in [0.05, 0.1) is 24.6 Å². The lowest BCUT2D eigenvalue weighted by atomic mass is 10.2. The van der Waals surface area contributed by atoms with Gasteiger partial charge in [0.25, 0.3) is 0 Å². The van der Waals surface area contributed by atoms with Crippen LogP contribution in [-0.4, -0.2) is 44.3 Å². The van der Waals surface area contributed by atoms with Crippen LogP contribution < -0.4 is 10.2 Å². The van der Waals surface area contributed by atoms with E-state index in [1.807, 2.05) is 36.4 Å². The molecule has 7 heteroatoms. The molecule has 0 aliphatic carbocycles. The molecule has 1 saturated heterocycles. The third-order valence-electron chi connectivity index (χ3n) is 4.26. The van der Waals surface area contributed by atoms with Crippen LogP contribution in [0.1, 0.15) is 5.56 Å². The van der Waals surface area contributed by atoms with Gasteiger partial charge in [-0.2, -0.15) is 0 Å². The minimum atomic E-state index is -0.221. The predicted molar refractivity (Wildman–Crippen MR) is 106 cm³/mol. The van der Waals surface area contributed by atoms with E-state index in [1.54, 1.807) is 18.0 Å². The molecule has 0 spiro atoms. The molecule has 138 valence electrons. The number of anilines is 2. The molecule has 1 aliphatic heterocycles. The molecule has 26 heavy (non-hydrogen) atoms. The third kappa shape index (κ3) is 4.61. The second-order valence-electron chi connectivity index (χ2n) is 6.14. The van der Waals surface area contributed by atoms with Crippen molar-refractivity contribution in [1.82, 2.24) is 4.90 Å². The van der Waals surface area contributed by atoms with Gasteiger partial charge in [0.2, 0.25) is 0 Å². The SMILES string of the molecule is CN(Cc1ccccc1Cl)C(=O)Nc1cc(Cl)ccc1N1CCOCC1. The van der Waals surface area contributed by atoms with Crippen molar-refractivity contribution in [2.24, 2.45) is 0 Å². The molecule has 1 aliphatic rings. The number of nitrogens with zero attached hydrogens (tertiary/aromatic N) is 2. The highest BCUT2D eigenvalue weighted by atomic mass is 35.5. The Balaban J connectivity index is 1.74. The number of morpholine rings is 1. The van der Waals surface area contributed by atoms with Crippen molar-refractivity contribution in [3.05, 3.63) is 58.1 Å². The summed E-state index contributed by atoms with van der Waals surface area (Å²) in [7, 11) is 1.73. The average Bonchev–Trinajstić information content (AvgIpc) is 2.64. The topological polar surface area (TPSA) is 44.8 Å². The number of ether oxygens (including phenoxy) is 1. The van der Waals surface area contributed by atoms with Crippen molar-refractivity contribution in [3.8, 4) is 0 Å². The van der Waals surface area contributed by atoms with E-state index in [0.717, 1.165) is 24.3 Å². The van der Waals surface area contributed by atoms with E-state index in [2.05, 4.69) is 10.2 Å². The van der Waals surface area contributed by atoms with E-state index in [4.69, 9.17) is 27.9 Å². The Labute approximate surface area is 163 Å². The van der Waals surface area contributed by atoms with Gasteiger partial charge in [0.1, 0.15) is 0 Å². The van der Waals surface area contributed by atoms with Crippen molar-refractivity contribution < 1.29 is 9.53 Å². The maximum Gasteiger partial charge on any atom is 0.321 e. The molecule has 2 aromatic carbocycles. The third-order valence-corrected chi connectivity index (χ3v) is 4.87. The zero-order valence-corrected chi connectivity index (χ0v) is 16.1. The van der Waals surface area contributed by atoms with Crippen molar-refractivity contribution >= 4 is 40.6 Å². The van der Waals surface area contributed by atoms with Crippen LogP contribution in [0.4, 0.5) is 16.2 Å².